The zero-order valence-corrected chi connectivity index (χ0v) is 20.5. The van der Waals surface area contributed by atoms with Crippen LogP contribution in [0.2, 0.25) is 0 Å². The molecule has 8 heteroatoms. The molecule has 1 aromatic heterocycles. The molecular weight excluding hydrogens is 404 g/mol. The van der Waals surface area contributed by atoms with Crippen molar-refractivity contribution in [2.75, 3.05) is 19.8 Å². The number of rotatable bonds is 11. The first kappa shape index (κ1) is 26.4. The molecule has 0 radical (unpaired) electrons. The molecular formula is C22H38N2O5S. The molecule has 0 unspecified atom stereocenters. The molecule has 0 aromatic carbocycles. The monoisotopic (exact) mass is 442 g/mol. The van der Waals surface area contributed by atoms with Gasteiger partial charge in [0, 0.05) is 31.0 Å². The lowest BCUT2D eigenvalue weighted by Crippen LogP contribution is -2.47. The van der Waals surface area contributed by atoms with Gasteiger partial charge in [-0.1, -0.05) is 20.8 Å². The Kier molecular flexibility index (Phi) is 10.8. The van der Waals surface area contributed by atoms with E-state index in [1.54, 1.807) is 12.3 Å². The Morgan fingerprint density at radius 3 is 2.33 bits per heavy atom. The molecule has 172 valence electrons. The van der Waals surface area contributed by atoms with E-state index in [1.807, 2.05) is 39.5 Å². The summed E-state index contributed by atoms with van der Waals surface area (Å²) in [6, 6.07) is -0.0914. The normalized spacial score (nSPS) is 13.8. The summed E-state index contributed by atoms with van der Waals surface area (Å²) in [4.78, 5) is 31.2. The number of amides is 1. The van der Waals surface area contributed by atoms with Gasteiger partial charge in [0.25, 0.3) is 0 Å². The highest BCUT2D eigenvalue weighted by Crippen LogP contribution is 2.31. The van der Waals surface area contributed by atoms with Crippen molar-refractivity contribution in [3.05, 3.63) is 16.1 Å². The van der Waals surface area contributed by atoms with Gasteiger partial charge in [-0.25, -0.2) is 14.6 Å². The Morgan fingerprint density at radius 1 is 1.17 bits per heavy atom. The van der Waals surface area contributed by atoms with E-state index in [4.69, 9.17) is 14.2 Å². The smallest absolute Gasteiger partial charge is 0.410 e. The second-order valence-electron chi connectivity index (χ2n) is 8.46. The minimum absolute atomic E-state index is 0.0914. The van der Waals surface area contributed by atoms with Crippen molar-refractivity contribution >= 4 is 23.4 Å². The summed E-state index contributed by atoms with van der Waals surface area (Å²) in [6.45, 7) is 16.9. The van der Waals surface area contributed by atoms with Crippen molar-refractivity contribution in [3.8, 4) is 0 Å². The summed E-state index contributed by atoms with van der Waals surface area (Å²) in [7, 11) is 0. The fourth-order valence-electron chi connectivity index (χ4n) is 3.11. The van der Waals surface area contributed by atoms with Crippen molar-refractivity contribution in [3.63, 3.8) is 0 Å². The zero-order chi connectivity index (χ0) is 22.9. The van der Waals surface area contributed by atoms with Crippen LogP contribution in [0.3, 0.4) is 0 Å². The summed E-state index contributed by atoms with van der Waals surface area (Å²) < 4.78 is 16.7. The minimum Gasteiger partial charge on any atom is -0.461 e. The first-order chi connectivity index (χ1) is 14.0. The van der Waals surface area contributed by atoms with Crippen molar-refractivity contribution in [1.82, 2.24) is 9.88 Å². The molecule has 0 saturated carbocycles. The van der Waals surface area contributed by atoms with Crippen molar-refractivity contribution in [2.45, 2.75) is 86.0 Å². The lowest BCUT2D eigenvalue weighted by atomic mass is 9.96. The molecule has 7 nitrogen and oxygen atoms in total. The number of hydrogen-bond donors (Lipinski definition) is 0. The van der Waals surface area contributed by atoms with Gasteiger partial charge in [-0.05, 0) is 47.0 Å². The van der Waals surface area contributed by atoms with E-state index in [0.717, 1.165) is 6.42 Å². The third-order valence-corrected chi connectivity index (χ3v) is 5.30. The van der Waals surface area contributed by atoms with Crippen LogP contribution in [0.4, 0.5) is 4.79 Å². The van der Waals surface area contributed by atoms with E-state index in [2.05, 4.69) is 18.8 Å². The van der Waals surface area contributed by atoms with Gasteiger partial charge in [0.15, 0.2) is 5.69 Å². The van der Waals surface area contributed by atoms with Crippen LogP contribution in [-0.4, -0.2) is 53.3 Å². The molecule has 0 bridgehead atoms. The highest BCUT2D eigenvalue weighted by atomic mass is 32.1. The molecule has 1 aromatic rings. The number of nitrogens with zero attached hydrogens (tertiary/aromatic N) is 2. The number of carbonyl (C=O) groups excluding carboxylic acids is 2. The van der Waals surface area contributed by atoms with Crippen molar-refractivity contribution in [1.29, 1.82) is 0 Å². The van der Waals surface area contributed by atoms with E-state index in [0.29, 0.717) is 36.9 Å². The molecule has 0 aliphatic carbocycles. The van der Waals surface area contributed by atoms with Gasteiger partial charge in [-0.3, -0.25) is 0 Å². The summed E-state index contributed by atoms with van der Waals surface area (Å²) in [5.74, 6) is -0.242. The van der Waals surface area contributed by atoms with Crippen LogP contribution < -0.4 is 0 Å². The van der Waals surface area contributed by atoms with Gasteiger partial charge >= 0.3 is 12.1 Å². The van der Waals surface area contributed by atoms with Gasteiger partial charge in [-0.15, -0.1) is 11.3 Å². The number of hydrogen-bond acceptors (Lipinski definition) is 7. The molecule has 0 saturated heterocycles. The molecule has 1 rings (SSSR count). The third-order valence-electron chi connectivity index (χ3n) is 4.37. The summed E-state index contributed by atoms with van der Waals surface area (Å²) in [5.41, 5.74) is -0.270. The summed E-state index contributed by atoms with van der Waals surface area (Å²) in [5, 5.41) is 2.41. The average molecular weight is 443 g/mol. The minimum atomic E-state index is -0.562. The van der Waals surface area contributed by atoms with Crippen LogP contribution in [0.15, 0.2) is 5.38 Å². The Labute approximate surface area is 185 Å². The van der Waals surface area contributed by atoms with Crippen molar-refractivity contribution < 1.29 is 23.8 Å². The maximum absolute atomic E-state index is 12.9. The molecule has 0 N–H and O–H groups in total. The Hall–Kier alpha value is -1.67. The first-order valence-corrected chi connectivity index (χ1v) is 11.7. The highest BCUT2D eigenvalue weighted by molar-refractivity contribution is 7.09. The maximum atomic E-state index is 12.9. The Balaban J connectivity index is 3.12. The van der Waals surface area contributed by atoms with Gasteiger partial charge in [0.2, 0.25) is 0 Å². The van der Waals surface area contributed by atoms with Crippen LogP contribution in [0.1, 0.15) is 89.8 Å². The van der Waals surface area contributed by atoms with Gasteiger partial charge in [0.05, 0.1) is 6.61 Å². The van der Waals surface area contributed by atoms with E-state index in [9.17, 15) is 9.59 Å². The van der Waals surface area contributed by atoms with E-state index in [-0.39, 0.29) is 24.2 Å². The quantitative estimate of drug-likeness (QED) is 0.424. The van der Waals surface area contributed by atoms with E-state index in [1.165, 1.54) is 11.3 Å². The molecule has 0 aliphatic heterocycles. The highest BCUT2D eigenvalue weighted by Gasteiger charge is 2.33. The van der Waals surface area contributed by atoms with Crippen LogP contribution in [0, 0.1) is 5.92 Å². The molecule has 0 spiro atoms. The fourth-order valence-corrected chi connectivity index (χ4v) is 3.96. The predicted octanol–water partition coefficient (Wildman–Crippen LogP) is 5.46. The largest absolute Gasteiger partial charge is 0.461 e. The van der Waals surface area contributed by atoms with Gasteiger partial charge in [-0.2, -0.15) is 0 Å². The average Bonchev–Trinajstić information content (AvgIpc) is 3.12. The molecule has 1 amide bonds. The standard InChI is InChI=1S/C22H38N2O5S/c1-9-12-24(21(26)29-22(6,7)8)17(15(4)5)13-18(27-10-2)19-23-16(14-30-19)20(25)28-11-3/h14-15,17-18H,9-13H2,1-8H3/t17-,18+/m0/s1. The number of thiazole rings is 1. The Morgan fingerprint density at radius 2 is 1.83 bits per heavy atom. The lowest BCUT2D eigenvalue weighted by Gasteiger charge is -2.37. The van der Waals surface area contributed by atoms with Crippen LogP contribution in [-0.2, 0) is 14.2 Å². The second-order valence-corrected chi connectivity index (χ2v) is 9.35. The number of carbonyl (C=O) groups is 2. The predicted molar refractivity (Wildman–Crippen MR) is 119 cm³/mol. The maximum Gasteiger partial charge on any atom is 0.410 e. The molecule has 1 heterocycles. The summed E-state index contributed by atoms with van der Waals surface area (Å²) in [6.07, 6.45) is 0.758. The molecule has 0 fully saturated rings. The van der Waals surface area contributed by atoms with E-state index < -0.39 is 11.6 Å². The molecule has 30 heavy (non-hydrogen) atoms. The Bertz CT molecular complexity index is 669. The SMILES string of the molecule is CCCN(C(=O)OC(C)(C)C)[C@@H](C[C@@H](OCC)c1nc(C(=O)OCC)cs1)C(C)C. The van der Waals surface area contributed by atoms with Crippen LogP contribution >= 0.6 is 11.3 Å². The number of ether oxygens (including phenoxy) is 3. The topological polar surface area (TPSA) is 78.0 Å². The third kappa shape index (κ3) is 8.22. The molecule has 0 aliphatic rings. The second kappa shape index (κ2) is 12.2. The lowest BCUT2D eigenvalue weighted by molar-refractivity contribution is -0.00779. The summed E-state index contributed by atoms with van der Waals surface area (Å²) >= 11 is 1.38. The fraction of sp³-hybridized carbons (Fsp3) is 0.773. The number of aromatic nitrogens is 1. The van der Waals surface area contributed by atoms with E-state index >= 15 is 0 Å². The van der Waals surface area contributed by atoms with Gasteiger partial charge in [0.1, 0.15) is 16.7 Å². The zero-order valence-electron chi connectivity index (χ0n) is 19.7. The van der Waals surface area contributed by atoms with Crippen LogP contribution in [0.25, 0.3) is 0 Å². The first-order valence-electron chi connectivity index (χ1n) is 10.8. The van der Waals surface area contributed by atoms with Gasteiger partial charge < -0.3 is 19.1 Å². The molecule has 2 atom stereocenters. The van der Waals surface area contributed by atoms with Crippen molar-refractivity contribution in [2.24, 2.45) is 5.92 Å². The number of esters is 1. The van der Waals surface area contributed by atoms with Crippen LogP contribution in [0.5, 0.6) is 0 Å².